The highest BCUT2D eigenvalue weighted by Gasteiger charge is 2.48. The summed E-state index contributed by atoms with van der Waals surface area (Å²) < 4.78 is 49.5. The molecule has 0 saturated carbocycles. The lowest BCUT2D eigenvalue weighted by Gasteiger charge is -2.36. The Kier molecular flexibility index (Phi) is 4.05. The highest BCUT2D eigenvalue weighted by Crippen LogP contribution is 2.69. The molecule has 2 fully saturated rings. The van der Waals surface area contributed by atoms with Gasteiger partial charge in [0.25, 0.3) is 0 Å². The maximum Gasteiger partial charge on any atom is 0.483 e. The zero-order chi connectivity index (χ0) is 14.4. The molecule has 9 heteroatoms. The van der Waals surface area contributed by atoms with Gasteiger partial charge in [-0.3, -0.25) is 18.1 Å². The summed E-state index contributed by atoms with van der Waals surface area (Å²) in [5, 5.41) is 0. The van der Waals surface area contributed by atoms with Gasteiger partial charge in [-0.15, -0.1) is 0 Å². The Morgan fingerprint density at radius 2 is 1.00 bits per heavy atom. The van der Waals surface area contributed by atoms with Gasteiger partial charge in [0, 0.05) is 10.8 Å². The van der Waals surface area contributed by atoms with E-state index in [9.17, 15) is 9.13 Å². The van der Waals surface area contributed by atoms with Crippen LogP contribution in [0.3, 0.4) is 0 Å². The zero-order valence-electron chi connectivity index (χ0n) is 11.6. The Labute approximate surface area is 113 Å². The fourth-order valence-electron chi connectivity index (χ4n) is 1.39. The monoisotopic (exact) mass is 314 g/mol. The van der Waals surface area contributed by atoms with Gasteiger partial charge in [-0.05, 0) is 0 Å². The van der Waals surface area contributed by atoms with E-state index in [1.165, 1.54) is 0 Å². The quantitative estimate of drug-likeness (QED) is 0.723. The van der Waals surface area contributed by atoms with Crippen LogP contribution in [0.25, 0.3) is 0 Å². The molecule has 0 aromatic rings. The van der Waals surface area contributed by atoms with Crippen molar-refractivity contribution in [2.75, 3.05) is 26.4 Å². The molecule has 0 radical (unpaired) electrons. The van der Waals surface area contributed by atoms with Gasteiger partial charge in [0.15, 0.2) is 0 Å². The number of phosphoric ester groups is 2. The van der Waals surface area contributed by atoms with E-state index in [0.717, 1.165) is 0 Å². The number of phosphoric acid groups is 2. The third kappa shape index (κ3) is 4.11. The molecule has 2 aliphatic rings. The molecule has 0 aromatic heterocycles. The predicted octanol–water partition coefficient (Wildman–Crippen LogP) is 3.37. The summed E-state index contributed by atoms with van der Waals surface area (Å²) in [6.45, 7) is 8.35. The Morgan fingerprint density at radius 1 is 0.737 bits per heavy atom. The van der Waals surface area contributed by atoms with Gasteiger partial charge in [0.1, 0.15) is 0 Å². The molecule has 2 aliphatic heterocycles. The first kappa shape index (κ1) is 15.6. The Balaban J connectivity index is 1.98. The minimum Gasteiger partial charge on any atom is -0.286 e. The van der Waals surface area contributed by atoms with Crippen LogP contribution in [0.2, 0.25) is 0 Å². The van der Waals surface area contributed by atoms with Crippen molar-refractivity contribution < 1.29 is 31.5 Å². The van der Waals surface area contributed by atoms with Crippen LogP contribution in [0.15, 0.2) is 0 Å². The van der Waals surface area contributed by atoms with Crippen molar-refractivity contribution in [3.63, 3.8) is 0 Å². The molecule has 0 atom stereocenters. The van der Waals surface area contributed by atoms with Crippen molar-refractivity contribution in [1.29, 1.82) is 0 Å². The second-order valence-electron chi connectivity index (χ2n) is 6.40. The fraction of sp³-hybridized carbons (Fsp3) is 1.00. The highest BCUT2D eigenvalue weighted by atomic mass is 31.3. The van der Waals surface area contributed by atoms with E-state index >= 15 is 0 Å². The van der Waals surface area contributed by atoms with E-state index in [1.54, 1.807) is 0 Å². The van der Waals surface area contributed by atoms with Crippen molar-refractivity contribution in [3.8, 4) is 0 Å². The van der Waals surface area contributed by atoms with Crippen molar-refractivity contribution in [2.45, 2.75) is 27.7 Å². The number of rotatable bonds is 2. The third-order valence-electron chi connectivity index (χ3n) is 2.65. The Hall–Kier alpha value is 0.260. The second kappa shape index (κ2) is 4.92. The average Bonchev–Trinajstić information content (AvgIpc) is 2.29. The van der Waals surface area contributed by atoms with Gasteiger partial charge in [0.2, 0.25) is 0 Å². The molecule has 2 rings (SSSR count). The number of hydrogen-bond donors (Lipinski definition) is 0. The fourth-order valence-corrected chi connectivity index (χ4v) is 5.30. The van der Waals surface area contributed by atoms with Crippen LogP contribution in [0, 0.1) is 10.8 Å². The third-order valence-corrected chi connectivity index (χ3v) is 6.03. The maximum atomic E-state index is 12.2. The number of hydrogen-bond acceptors (Lipinski definition) is 7. The average molecular weight is 314 g/mol. The maximum absolute atomic E-state index is 12.2. The molecule has 0 aromatic carbocycles. The summed E-state index contributed by atoms with van der Waals surface area (Å²) in [5.41, 5.74) is -0.524. The molecule has 19 heavy (non-hydrogen) atoms. The lowest BCUT2D eigenvalue weighted by atomic mass is 9.97. The Morgan fingerprint density at radius 3 is 1.26 bits per heavy atom. The topological polar surface area (TPSA) is 80.3 Å². The first-order valence-electron chi connectivity index (χ1n) is 6.03. The SMILES string of the molecule is CC1(C)COP(=O)(OP2(=O)OCC(C)(C)CO2)OC1. The van der Waals surface area contributed by atoms with Crippen LogP contribution in [0.1, 0.15) is 27.7 Å². The minimum absolute atomic E-state index is 0.190. The van der Waals surface area contributed by atoms with Crippen LogP contribution in [0.4, 0.5) is 0 Å². The standard InChI is InChI=1S/C10H20O7P2/c1-9(2)5-13-18(11,14-6-9)17-19(12)15-7-10(3,4)8-16-19/h5-8H2,1-4H3. The van der Waals surface area contributed by atoms with E-state index in [2.05, 4.69) is 0 Å². The molecule has 112 valence electrons. The molecule has 0 bridgehead atoms. The van der Waals surface area contributed by atoms with Crippen molar-refractivity contribution in [3.05, 3.63) is 0 Å². The van der Waals surface area contributed by atoms with Gasteiger partial charge >= 0.3 is 15.6 Å². The molecule has 0 N–H and O–H groups in total. The summed E-state index contributed by atoms with van der Waals surface area (Å²) in [6, 6.07) is 0. The van der Waals surface area contributed by atoms with Crippen molar-refractivity contribution >= 4 is 15.6 Å². The molecule has 2 saturated heterocycles. The lowest BCUT2D eigenvalue weighted by Crippen LogP contribution is -2.32. The Bertz CT molecular complexity index is 377. The molecule has 0 amide bonds. The van der Waals surface area contributed by atoms with Crippen LogP contribution < -0.4 is 0 Å². The van der Waals surface area contributed by atoms with Crippen LogP contribution >= 0.6 is 15.6 Å². The van der Waals surface area contributed by atoms with Gasteiger partial charge in [0.05, 0.1) is 26.4 Å². The van der Waals surface area contributed by atoms with E-state index in [1.807, 2.05) is 27.7 Å². The second-order valence-corrected chi connectivity index (χ2v) is 9.87. The van der Waals surface area contributed by atoms with Crippen molar-refractivity contribution in [2.24, 2.45) is 10.8 Å². The van der Waals surface area contributed by atoms with Crippen LogP contribution in [-0.2, 0) is 31.5 Å². The predicted molar refractivity (Wildman–Crippen MR) is 67.7 cm³/mol. The normalized spacial score (nSPS) is 31.8. The zero-order valence-corrected chi connectivity index (χ0v) is 13.4. The lowest BCUT2D eigenvalue weighted by molar-refractivity contribution is -0.0113. The summed E-state index contributed by atoms with van der Waals surface area (Å²) in [7, 11) is -7.76. The van der Waals surface area contributed by atoms with Crippen LogP contribution in [0.5, 0.6) is 0 Å². The van der Waals surface area contributed by atoms with Gasteiger partial charge in [-0.25, -0.2) is 9.13 Å². The first-order valence-corrected chi connectivity index (χ1v) is 8.95. The minimum atomic E-state index is -3.88. The molecular formula is C10H20O7P2. The summed E-state index contributed by atoms with van der Waals surface area (Å²) in [5.74, 6) is 0. The molecule has 7 nitrogen and oxygen atoms in total. The van der Waals surface area contributed by atoms with Crippen LogP contribution in [-0.4, -0.2) is 26.4 Å². The first-order chi connectivity index (χ1) is 8.54. The van der Waals surface area contributed by atoms with E-state index in [0.29, 0.717) is 0 Å². The van der Waals surface area contributed by atoms with Gasteiger partial charge in [-0.1, -0.05) is 27.7 Å². The molecule has 0 aliphatic carbocycles. The molecule has 0 spiro atoms. The van der Waals surface area contributed by atoms with Crippen molar-refractivity contribution in [1.82, 2.24) is 0 Å². The highest BCUT2D eigenvalue weighted by molar-refractivity contribution is 7.62. The van der Waals surface area contributed by atoms with E-state index in [-0.39, 0.29) is 37.3 Å². The molecule has 0 unspecified atom stereocenters. The van der Waals surface area contributed by atoms with E-state index in [4.69, 9.17) is 22.4 Å². The van der Waals surface area contributed by atoms with Gasteiger partial charge < -0.3 is 0 Å². The summed E-state index contributed by atoms with van der Waals surface area (Å²) >= 11 is 0. The van der Waals surface area contributed by atoms with Gasteiger partial charge in [-0.2, -0.15) is 4.31 Å². The smallest absolute Gasteiger partial charge is 0.286 e. The van der Waals surface area contributed by atoms with E-state index < -0.39 is 15.6 Å². The molecule has 2 heterocycles. The summed E-state index contributed by atoms with van der Waals surface area (Å²) in [6.07, 6.45) is 0. The summed E-state index contributed by atoms with van der Waals surface area (Å²) in [4.78, 5) is 0. The largest absolute Gasteiger partial charge is 0.483 e. The molecular weight excluding hydrogens is 294 g/mol.